The number of nitrogens with one attached hydrogen (secondary N) is 3. The maximum absolute atomic E-state index is 13.9. The molecule has 5 aliphatic rings. The Bertz CT molecular complexity index is 2730. The van der Waals surface area contributed by atoms with E-state index in [0.29, 0.717) is 76.0 Å². The number of allylic oxidation sites excluding steroid dienone is 2. The Morgan fingerprint density at radius 1 is 1.06 bits per heavy atom. The maximum Gasteiger partial charge on any atom is 0.222 e. The van der Waals surface area contributed by atoms with Crippen LogP contribution < -0.4 is 25.7 Å². The maximum atomic E-state index is 13.9. The highest BCUT2D eigenvalue weighted by Crippen LogP contribution is 2.51. The van der Waals surface area contributed by atoms with Crippen LogP contribution in [0.25, 0.3) is 21.7 Å². The lowest BCUT2D eigenvalue weighted by molar-refractivity contribution is -0.793. The van der Waals surface area contributed by atoms with Crippen LogP contribution in [0, 0.1) is 24.7 Å². The lowest BCUT2D eigenvalue weighted by Gasteiger charge is -2.51. The SMILES string of the molecule is CCC1C2=CC=NC2=C[NH+]1c1c2c(cc3c(=O)cc(C)oc13)CC(OOCC(O)(Cc1ccc(O)c3ccc(O)cc13)C(O)C(O)C(O)CO)C1(CC(C3CNC(=O)C3)C=CC1CNC)O2. The summed E-state index contributed by atoms with van der Waals surface area (Å²) in [6.07, 6.45) is 4.09. The first kappa shape index (κ1) is 45.7. The van der Waals surface area contributed by atoms with Crippen molar-refractivity contribution in [3.63, 3.8) is 0 Å². The number of phenolic OH excluding ortho intramolecular Hbond substituents is 2. The lowest BCUT2D eigenvalue weighted by Crippen LogP contribution is -3.05. The van der Waals surface area contributed by atoms with Crippen molar-refractivity contribution < 1.29 is 64.4 Å². The first-order valence-electron chi connectivity index (χ1n) is 22.5. The summed E-state index contributed by atoms with van der Waals surface area (Å²) in [7, 11) is 1.83. The van der Waals surface area contributed by atoms with Gasteiger partial charge in [-0.05, 0) is 79.6 Å². The number of fused-ring (bicyclic) bond motifs is 4. The first-order valence-corrected chi connectivity index (χ1v) is 22.5. The highest BCUT2D eigenvalue weighted by atomic mass is 17.2. The van der Waals surface area contributed by atoms with Crippen molar-refractivity contribution in [2.45, 2.75) is 87.6 Å². The number of nitrogens with zero attached hydrogens (tertiary/aromatic N) is 1. The van der Waals surface area contributed by atoms with Crippen molar-refractivity contribution in [3.05, 3.63) is 105 Å². The van der Waals surface area contributed by atoms with Gasteiger partial charge in [-0.15, -0.1) is 0 Å². The smallest absolute Gasteiger partial charge is 0.222 e. The van der Waals surface area contributed by atoms with Gasteiger partial charge in [0.15, 0.2) is 11.2 Å². The summed E-state index contributed by atoms with van der Waals surface area (Å²) in [5, 5.41) is 83.6. The summed E-state index contributed by atoms with van der Waals surface area (Å²) in [4.78, 5) is 44.6. The largest absolute Gasteiger partial charge is 0.508 e. The lowest BCUT2D eigenvalue weighted by atomic mass is 9.66. The minimum Gasteiger partial charge on any atom is -0.508 e. The topological polar surface area (TPSA) is 257 Å². The van der Waals surface area contributed by atoms with Crippen LogP contribution in [-0.4, -0.2) is 123 Å². The van der Waals surface area contributed by atoms with E-state index in [-0.39, 0.29) is 53.1 Å². The third-order valence-electron chi connectivity index (χ3n) is 14.2. The number of aliphatic hydroxyl groups is 5. The van der Waals surface area contributed by atoms with Crippen LogP contribution in [0.15, 0.2) is 92.4 Å². The van der Waals surface area contributed by atoms with Gasteiger partial charge in [0, 0.05) is 73.5 Å². The number of aromatic hydroxyl groups is 2. The van der Waals surface area contributed by atoms with Gasteiger partial charge in [-0.3, -0.25) is 19.5 Å². The average molecular weight is 910 g/mol. The average Bonchev–Trinajstić information content (AvgIpc) is 4.04. The molecule has 66 heavy (non-hydrogen) atoms. The molecule has 4 aliphatic heterocycles. The van der Waals surface area contributed by atoms with Crippen LogP contribution in [0.5, 0.6) is 17.2 Å². The third-order valence-corrected chi connectivity index (χ3v) is 14.2. The molecule has 0 bridgehead atoms. The first-order chi connectivity index (χ1) is 31.7. The molecule has 350 valence electrons. The van der Waals surface area contributed by atoms with Crippen LogP contribution >= 0.6 is 0 Å². The molecule has 17 heteroatoms. The quantitative estimate of drug-likeness (QED) is 0.0460. The van der Waals surface area contributed by atoms with Crippen LogP contribution in [0.4, 0.5) is 5.69 Å². The summed E-state index contributed by atoms with van der Waals surface area (Å²) in [5.41, 5.74) is -0.0384. The molecule has 4 aromatic rings. The van der Waals surface area contributed by atoms with Gasteiger partial charge in [0.2, 0.25) is 17.2 Å². The zero-order valence-corrected chi connectivity index (χ0v) is 36.9. The fraction of sp³-hybridized carbons (Fsp3) is 0.449. The number of aliphatic hydroxyl groups excluding tert-OH is 4. The number of carbonyl (C=O) groups is 1. The monoisotopic (exact) mass is 909 g/mol. The molecule has 1 fully saturated rings. The highest BCUT2D eigenvalue weighted by Gasteiger charge is 2.57. The van der Waals surface area contributed by atoms with Crippen molar-refractivity contribution in [1.29, 1.82) is 0 Å². The second-order valence-corrected chi connectivity index (χ2v) is 18.4. The third kappa shape index (κ3) is 8.01. The number of benzene rings is 3. The van der Waals surface area contributed by atoms with Gasteiger partial charge in [0.1, 0.15) is 77.4 Å². The number of carbonyl (C=O) groups excluding carboxylic acids is 1. The number of hydrogen-bond acceptors (Lipinski definition) is 15. The predicted molar refractivity (Wildman–Crippen MR) is 241 cm³/mol. The number of phenols is 2. The normalized spacial score (nSPS) is 27.8. The number of quaternary nitrogens is 1. The zero-order valence-electron chi connectivity index (χ0n) is 36.9. The fourth-order valence-corrected chi connectivity index (χ4v) is 10.8. The molecule has 0 radical (unpaired) electrons. The molecular weight excluding hydrogens is 853 g/mol. The molecule has 9 rings (SSSR count). The number of rotatable bonds is 15. The Morgan fingerprint density at radius 3 is 2.62 bits per heavy atom. The van der Waals surface area contributed by atoms with Crippen molar-refractivity contribution in [1.82, 2.24) is 10.6 Å². The van der Waals surface area contributed by atoms with E-state index in [1.54, 1.807) is 19.2 Å². The van der Waals surface area contributed by atoms with Crippen LogP contribution in [0.1, 0.15) is 43.1 Å². The number of ether oxygens (including phenoxy) is 1. The van der Waals surface area contributed by atoms with Gasteiger partial charge < -0.3 is 55.5 Å². The molecular formula is C49H57N4O13+. The Labute approximate surface area is 379 Å². The van der Waals surface area contributed by atoms with Gasteiger partial charge in [0.05, 0.1) is 12.0 Å². The summed E-state index contributed by atoms with van der Waals surface area (Å²) in [6, 6.07) is 10.3. The Morgan fingerprint density at radius 2 is 1.88 bits per heavy atom. The second kappa shape index (κ2) is 18.0. The minimum atomic E-state index is -2.43. The van der Waals surface area contributed by atoms with Crippen LogP contribution in [-0.2, 0) is 27.4 Å². The number of hydrogen-bond donors (Lipinski definition) is 10. The van der Waals surface area contributed by atoms with Crippen molar-refractivity contribution in [2.75, 3.05) is 33.4 Å². The summed E-state index contributed by atoms with van der Waals surface area (Å²) < 4.78 is 14.0. The standard InChI is InChI=1S/C49H56N4O13/c1-4-37-33-11-12-51-36(33)22-53(37)43-45-28(14-35-39(57)13-25(2)64-46(35)43)15-41(49(65-45)19-26(5-7-30(49)21-50-3)29-16-42(59)52-20-29)66-63-24-48(62,47(61)44(60)40(58)23-54)18-27-6-10-38(56)32-9-8-31(55)17-34(27)32/h5-14,17,22,26,29-30,37,40-41,44,47,50,54-56,58,60-62H,4,15-16,18-21,23-24H2,1-3H3,(H,52,59)/p+1. The minimum absolute atomic E-state index is 0.0493. The van der Waals surface area contributed by atoms with E-state index >= 15 is 0 Å². The molecule has 1 aromatic heterocycles. The van der Waals surface area contributed by atoms with E-state index in [0.717, 1.165) is 22.6 Å². The Balaban J connectivity index is 1.15. The zero-order chi connectivity index (χ0) is 46.7. The molecule has 11 unspecified atom stereocenters. The number of aryl methyl sites for hydroxylation is 1. The molecule has 11 atom stereocenters. The van der Waals surface area contributed by atoms with Gasteiger partial charge in [-0.25, -0.2) is 9.78 Å². The van der Waals surface area contributed by atoms with E-state index in [1.165, 1.54) is 36.4 Å². The summed E-state index contributed by atoms with van der Waals surface area (Å²) in [5.74, 6) is 0.0639. The van der Waals surface area contributed by atoms with Gasteiger partial charge in [-0.2, -0.15) is 0 Å². The Kier molecular flexibility index (Phi) is 12.4. The Hall–Kier alpha value is -5.47. The second-order valence-electron chi connectivity index (χ2n) is 18.4. The van der Waals surface area contributed by atoms with E-state index in [9.17, 15) is 45.3 Å². The van der Waals surface area contributed by atoms with Gasteiger partial charge in [0.25, 0.3) is 0 Å². The molecule has 1 spiro atoms. The fourth-order valence-electron chi connectivity index (χ4n) is 10.8. The number of aliphatic imine (C=N–C) groups is 1. The van der Waals surface area contributed by atoms with Crippen LogP contribution in [0.2, 0.25) is 0 Å². The number of amides is 1. The van der Waals surface area contributed by atoms with Crippen molar-refractivity contribution in [2.24, 2.45) is 22.7 Å². The van der Waals surface area contributed by atoms with E-state index < -0.39 is 55.3 Å². The van der Waals surface area contributed by atoms with E-state index in [2.05, 4.69) is 34.7 Å². The van der Waals surface area contributed by atoms with E-state index in [1.807, 2.05) is 19.3 Å². The van der Waals surface area contributed by atoms with Crippen molar-refractivity contribution >= 4 is 39.6 Å². The molecule has 17 nitrogen and oxygen atoms in total. The molecule has 5 heterocycles. The predicted octanol–water partition coefficient (Wildman–Crippen LogP) is 1.41. The van der Waals surface area contributed by atoms with Gasteiger partial charge >= 0.3 is 0 Å². The molecule has 0 saturated carbocycles. The summed E-state index contributed by atoms with van der Waals surface area (Å²) >= 11 is 0. The highest BCUT2D eigenvalue weighted by molar-refractivity contribution is 5.92. The van der Waals surface area contributed by atoms with Crippen LogP contribution in [0.3, 0.4) is 0 Å². The molecule has 1 aliphatic carbocycles. The molecule has 10 N–H and O–H groups in total. The van der Waals surface area contributed by atoms with E-state index in [4.69, 9.17) is 18.9 Å². The summed E-state index contributed by atoms with van der Waals surface area (Å²) in [6.45, 7) is 2.99. The van der Waals surface area contributed by atoms with Crippen molar-refractivity contribution in [3.8, 4) is 17.2 Å². The van der Waals surface area contributed by atoms with Gasteiger partial charge in [-0.1, -0.05) is 25.1 Å². The molecule has 1 saturated heterocycles. The molecule has 3 aromatic carbocycles. The molecule has 1 amide bonds.